The van der Waals surface area contributed by atoms with Crippen LogP contribution in [-0.2, 0) is 4.79 Å². The van der Waals surface area contributed by atoms with E-state index in [-0.39, 0.29) is 5.78 Å². The Morgan fingerprint density at radius 1 is 0.917 bits per heavy atom. The molecule has 2 aromatic rings. The summed E-state index contributed by atoms with van der Waals surface area (Å²) >= 11 is 0. The third kappa shape index (κ3) is 2.75. The molecule has 1 saturated heterocycles. The van der Waals surface area contributed by atoms with Crippen LogP contribution in [0.15, 0.2) is 54.6 Å². The smallest absolute Gasteiger partial charge is 0.176 e. The van der Waals surface area contributed by atoms with Crippen LogP contribution in [0.25, 0.3) is 6.08 Å². The number of anilines is 1. The van der Waals surface area contributed by atoms with Gasteiger partial charge in [0.2, 0.25) is 0 Å². The first-order valence-corrected chi connectivity index (χ1v) is 13.2. The van der Waals surface area contributed by atoms with Crippen LogP contribution >= 0.6 is 0 Å². The maximum atomic E-state index is 15.5. The predicted octanol–water partition coefficient (Wildman–Crippen LogP) is 6.01. The second-order valence-electron chi connectivity index (χ2n) is 11.9. The van der Waals surface area contributed by atoms with E-state index >= 15 is 4.39 Å². The highest BCUT2D eigenvalue weighted by atomic mass is 19.1. The molecule has 4 bridgehead atoms. The Morgan fingerprint density at radius 3 is 2.17 bits per heavy atom. The van der Waals surface area contributed by atoms with E-state index in [1.165, 1.54) is 25.3 Å². The minimum Gasteiger partial charge on any atom is -0.351 e. The van der Waals surface area contributed by atoms with Crippen LogP contribution in [0, 0.1) is 57.1 Å². The lowest BCUT2D eigenvalue weighted by molar-refractivity contribution is -0.145. The van der Waals surface area contributed by atoms with Crippen LogP contribution in [0.3, 0.4) is 0 Å². The number of ketones is 1. The van der Waals surface area contributed by atoms with E-state index in [0.29, 0.717) is 23.3 Å². The van der Waals surface area contributed by atoms with Gasteiger partial charge in [-0.25, -0.2) is 4.39 Å². The number of Topliss-reactive ketones (excluding diaryl/α,β-unsaturated/α-hetero) is 1. The number of benzene rings is 2. The second-order valence-corrected chi connectivity index (χ2v) is 11.9. The van der Waals surface area contributed by atoms with Gasteiger partial charge in [-0.3, -0.25) is 4.79 Å². The maximum absolute atomic E-state index is 15.5. The van der Waals surface area contributed by atoms with Crippen molar-refractivity contribution < 1.29 is 9.18 Å². The zero-order chi connectivity index (χ0) is 24.7. The van der Waals surface area contributed by atoms with Crippen LogP contribution in [0.5, 0.6) is 0 Å². The average molecular weight is 478 g/mol. The van der Waals surface area contributed by atoms with E-state index in [2.05, 4.69) is 12.1 Å². The number of para-hydroxylation sites is 1. The predicted molar refractivity (Wildman–Crippen MR) is 134 cm³/mol. The lowest BCUT2D eigenvalue weighted by Gasteiger charge is -2.57. The summed E-state index contributed by atoms with van der Waals surface area (Å²) in [7, 11) is 0. The molecule has 3 atom stereocenters. The van der Waals surface area contributed by atoms with Crippen LogP contribution in [0.2, 0.25) is 0 Å². The molecule has 5 fully saturated rings. The summed E-state index contributed by atoms with van der Waals surface area (Å²) in [5.74, 6) is 0.517. The number of nitriles is 2. The van der Waals surface area contributed by atoms with Crippen LogP contribution < -0.4 is 4.90 Å². The fourth-order valence-electron chi connectivity index (χ4n) is 9.03. The zero-order valence-electron chi connectivity index (χ0n) is 20.1. The molecule has 0 N–H and O–H groups in total. The van der Waals surface area contributed by atoms with Crippen LogP contribution in [-0.4, -0.2) is 17.9 Å². The normalized spacial score (nSPS) is 36.6. The van der Waals surface area contributed by atoms with Gasteiger partial charge < -0.3 is 4.90 Å². The van der Waals surface area contributed by atoms with Crippen molar-refractivity contribution in [3.8, 4) is 12.1 Å². The van der Waals surface area contributed by atoms with E-state index in [1.54, 1.807) is 18.2 Å². The fraction of sp³-hybridized carbons (Fsp3) is 0.452. The summed E-state index contributed by atoms with van der Waals surface area (Å²) in [6.45, 7) is 0. The van der Waals surface area contributed by atoms with Gasteiger partial charge >= 0.3 is 0 Å². The summed E-state index contributed by atoms with van der Waals surface area (Å²) < 4.78 is 15.5. The highest BCUT2D eigenvalue weighted by Crippen LogP contribution is 2.63. The Morgan fingerprint density at radius 2 is 1.53 bits per heavy atom. The van der Waals surface area contributed by atoms with Crippen molar-refractivity contribution in [3.05, 3.63) is 71.6 Å². The number of carbonyl (C=O) groups is 1. The Labute approximate surface area is 211 Å². The quantitative estimate of drug-likeness (QED) is 0.543. The van der Waals surface area contributed by atoms with Crippen molar-refractivity contribution in [2.45, 2.75) is 56.5 Å². The minimum absolute atomic E-state index is 0.123. The monoisotopic (exact) mass is 477 g/mol. The van der Waals surface area contributed by atoms with Gasteiger partial charge in [0.25, 0.3) is 0 Å². The molecule has 0 spiro atoms. The van der Waals surface area contributed by atoms with Gasteiger partial charge in [-0.05, 0) is 79.5 Å². The van der Waals surface area contributed by atoms with Gasteiger partial charge in [-0.1, -0.05) is 48.6 Å². The molecule has 4 saturated carbocycles. The summed E-state index contributed by atoms with van der Waals surface area (Å²) in [5, 5.41) is 21.2. The molecular formula is C31H28FN3O. The molecule has 180 valence electrons. The number of halogens is 1. The van der Waals surface area contributed by atoms with Crippen LogP contribution in [0.4, 0.5) is 10.1 Å². The fourth-order valence-corrected chi connectivity index (χ4v) is 9.03. The molecule has 4 nitrogen and oxygen atoms in total. The number of carbonyl (C=O) groups excluding carboxylic acids is 1. The molecule has 36 heavy (non-hydrogen) atoms. The van der Waals surface area contributed by atoms with Crippen molar-refractivity contribution >= 4 is 17.5 Å². The van der Waals surface area contributed by atoms with Crippen LogP contribution in [0.1, 0.15) is 55.6 Å². The van der Waals surface area contributed by atoms with E-state index in [1.807, 2.05) is 41.3 Å². The molecular weight excluding hydrogens is 449 g/mol. The van der Waals surface area contributed by atoms with Crippen molar-refractivity contribution in [3.63, 3.8) is 0 Å². The minimum atomic E-state index is -1.59. The Kier molecular flexibility index (Phi) is 4.56. The van der Waals surface area contributed by atoms with E-state index in [0.717, 1.165) is 30.5 Å². The number of fused-ring (bicyclic) bond motifs is 3. The van der Waals surface area contributed by atoms with Gasteiger partial charge in [-0.2, -0.15) is 10.5 Å². The summed E-state index contributed by atoms with van der Waals surface area (Å²) in [5.41, 5.74) is 0.0705. The molecule has 0 aromatic heterocycles. The molecule has 2 heterocycles. The molecule has 5 heteroatoms. The van der Waals surface area contributed by atoms with Crippen molar-refractivity contribution in [2.24, 2.45) is 28.6 Å². The van der Waals surface area contributed by atoms with Gasteiger partial charge in [0.1, 0.15) is 5.82 Å². The highest BCUT2D eigenvalue weighted by Gasteiger charge is 2.67. The zero-order valence-corrected chi connectivity index (χ0v) is 20.1. The van der Waals surface area contributed by atoms with E-state index < -0.39 is 34.6 Å². The first-order chi connectivity index (χ1) is 17.5. The third-order valence-electron chi connectivity index (χ3n) is 9.99. The SMILES string of the molecule is N#CC1(C#N)C(c2ccccc2F)C(C(=O)C23CC4CC(CC(C4)C2)C3)N2c3ccccc3C=CC21. The summed E-state index contributed by atoms with van der Waals surface area (Å²) in [6, 6.07) is 17.5. The first-order valence-electron chi connectivity index (χ1n) is 13.2. The molecule has 0 radical (unpaired) electrons. The highest BCUT2D eigenvalue weighted by molar-refractivity contribution is 5.97. The van der Waals surface area contributed by atoms with Crippen molar-refractivity contribution in [1.82, 2.24) is 0 Å². The lowest BCUT2D eigenvalue weighted by atomic mass is 9.47. The van der Waals surface area contributed by atoms with Crippen molar-refractivity contribution in [1.29, 1.82) is 10.5 Å². The molecule has 2 aromatic carbocycles. The Bertz CT molecular complexity index is 1330. The van der Waals surface area contributed by atoms with E-state index in [4.69, 9.17) is 0 Å². The molecule has 8 rings (SSSR count). The van der Waals surface area contributed by atoms with Gasteiger partial charge in [0, 0.05) is 17.0 Å². The van der Waals surface area contributed by atoms with Gasteiger partial charge in [0.05, 0.1) is 24.2 Å². The number of nitrogens with zero attached hydrogens (tertiary/aromatic N) is 3. The Hall–Kier alpha value is -3.44. The third-order valence-corrected chi connectivity index (χ3v) is 9.99. The topological polar surface area (TPSA) is 67.9 Å². The second kappa shape index (κ2) is 7.53. The van der Waals surface area contributed by atoms with Gasteiger partial charge in [-0.15, -0.1) is 0 Å². The molecule has 6 aliphatic rings. The first kappa shape index (κ1) is 21.8. The summed E-state index contributed by atoms with van der Waals surface area (Å²) in [4.78, 5) is 17.0. The summed E-state index contributed by atoms with van der Waals surface area (Å²) in [6.07, 6.45) is 10.1. The number of hydrogen-bond acceptors (Lipinski definition) is 4. The number of rotatable bonds is 3. The van der Waals surface area contributed by atoms with Gasteiger partial charge in [0.15, 0.2) is 11.2 Å². The maximum Gasteiger partial charge on any atom is 0.176 e. The molecule has 2 aliphatic heterocycles. The standard InChI is InChI=1S/C31H28FN3O/c32-24-7-3-2-6-23(24)27-28(29(36)30-14-19-11-20(15-30)13-21(12-19)16-30)35-25-8-4-1-5-22(25)9-10-26(35)31(27,17-33)18-34/h1-10,19-21,26-28H,11-16H2. The molecule has 3 unspecified atom stereocenters. The van der Waals surface area contributed by atoms with Crippen molar-refractivity contribution in [2.75, 3.05) is 4.90 Å². The largest absolute Gasteiger partial charge is 0.351 e. The lowest BCUT2D eigenvalue weighted by Crippen LogP contribution is -2.56. The average Bonchev–Trinajstić information content (AvgIpc) is 3.18. The molecule has 0 amide bonds. The molecule has 4 aliphatic carbocycles. The Balaban J connectivity index is 1.46. The number of hydrogen-bond donors (Lipinski definition) is 0. The van der Waals surface area contributed by atoms with E-state index in [9.17, 15) is 15.3 Å².